The first-order chi connectivity index (χ1) is 12.5. The lowest BCUT2D eigenvalue weighted by molar-refractivity contribution is 0.0724. The molecule has 0 bridgehead atoms. The van der Waals surface area contributed by atoms with Gasteiger partial charge in [0.2, 0.25) is 0 Å². The van der Waals surface area contributed by atoms with Crippen molar-refractivity contribution in [2.45, 2.75) is 25.8 Å². The minimum absolute atomic E-state index is 0.0270. The Labute approximate surface area is 157 Å². The zero-order valence-corrected chi connectivity index (χ0v) is 15.4. The van der Waals surface area contributed by atoms with E-state index in [1.54, 1.807) is 37.6 Å². The van der Waals surface area contributed by atoms with Crippen LogP contribution in [0.25, 0.3) is 0 Å². The van der Waals surface area contributed by atoms with E-state index in [1.807, 2.05) is 4.90 Å². The second-order valence-corrected chi connectivity index (χ2v) is 6.78. The maximum absolute atomic E-state index is 12.6. The summed E-state index contributed by atoms with van der Waals surface area (Å²) in [6.45, 7) is 1.88. The second-order valence-electron chi connectivity index (χ2n) is 6.37. The number of hydrogen-bond acceptors (Lipinski definition) is 3. The topological polar surface area (TPSA) is 81.3 Å². The molecule has 1 saturated heterocycles. The van der Waals surface area contributed by atoms with Gasteiger partial charge in [-0.1, -0.05) is 11.6 Å². The van der Waals surface area contributed by atoms with Crippen molar-refractivity contribution in [2.24, 2.45) is 0 Å². The molecule has 1 aliphatic heterocycles. The minimum atomic E-state index is -0.328. The molecule has 1 aliphatic rings. The summed E-state index contributed by atoms with van der Waals surface area (Å²) in [5, 5.41) is 3.15. The number of aromatic nitrogens is 2. The van der Waals surface area contributed by atoms with Gasteiger partial charge in [0.1, 0.15) is 5.82 Å². The lowest BCUT2D eigenvalue weighted by atomic mass is 10.1. The zero-order valence-electron chi connectivity index (χ0n) is 14.7. The summed E-state index contributed by atoms with van der Waals surface area (Å²) in [6.07, 6.45) is 6.55. The largest absolute Gasteiger partial charge is 0.347 e. The molecule has 0 spiro atoms. The minimum Gasteiger partial charge on any atom is -0.347 e. The van der Waals surface area contributed by atoms with E-state index in [4.69, 9.17) is 11.6 Å². The number of imidazole rings is 1. The smallest absolute Gasteiger partial charge is 0.322 e. The van der Waals surface area contributed by atoms with Gasteiger partial charge in [-0.2, -0.15) is 0 Å². The number of halogens is 1. The quantitative estimate of drug-likeness (QED) is 0.859. The van der Waals surface area contributed by atoms with E-state index in [0.717, 1.165) is 32.4 Å². The summed E-state index contributed by atoms with van der Waals surface area (Å²) < 4.78 is 0. The molecule has 2 heterocycles. The molecule has 3 amide bonds. The molecule has 0 radical (unpaired) electrons. The van der Waals surface area contributed by atoms with Crippen LogP contribution in [-0.2, 0) is 6.54 Å². The number of aromatic amines is 1. The van der Waals surface area contributed by atoms with Crippen molar-refractivity contribution in [3.05, 3.63) is 47.0 Å². The van der Waals surface area contributed by atoms with Crippen molar-refractivity contribution in [2.75, 3.05) is 25.5 Å². The monoisotopic (exact) mass is 375 g/mol. The SMILES string of the molecule is CN(Cc1ncc[nH]1)C(=O)Nc1cc(C(=O)N2CCCCC2)ccc1Cl. The highest BCUT2D eigenvalue weighted by molar-refractivity contribution is 6.33. The Morgan fingerprint density at radius 2 is 2.08 bits per heavy atom. The van der Waals surface area contributed by atoms with Crippen LogP contribution in [0.15, 0.2) is 30.6 Å². The number of anilines is 1. The fourth-order valence-electron chi connectivity index (χ4n) is 2.93. The first-order valence-electron chi connectivity index (χ1n) is 8.64. The standard InChI is InChI=1S/C18H22ClN5O2/c1-23(12-16-20-7-8-21-16)18(26)22-15-11-13(5-6-14(15)19)17(25)24-9-3-2-4-10-24/h5-8,11H,2-4,9-10,12H2,1H3,(H,20,21)(H,22,26). The number of nitrogens with zero attached hydrogens (tertiary/aromatic N) is 3. The highest BCUT2D eigenvalue weighted by atomic mass is 35.5. The van der Waals surface area contributed by atoms with E-state index in [1.165, 1.54) is 4.90 Å². The third kappa shape index (κ3) is 4.35. The van der Waals surface area contributed by atoms with Crippen LogP contribution in [0.3, 0.4) is 0 Å². The molecule has 2 aromatic rings. The van der Waals surface area contributed by atoms with E-state index in [-0.39, 0.29) is 11.9 Å². The Bertz CT molecular complexity index is 772. The van der Waals surface area contributed by atoms with Gasteiger partial charge in [-0.05, 0) is 37.5 Å². The van der Waals surface area contributed by atoms with Gasteiger partial charge in [0.25, 0.3) is 5.91 Å². The molecule has 138 valence electrons. The maximum atomic E-state index is 12.6. The van der Waals surface area contributed by atoms with Crippen molar-refractivity contribution in [3.63, 3.8) is 0 Å². The molecular formula is C18H22ClN5O2. The van der Waals surface area contributed by atoms with Gasteiger partial charge in [-0.25, -0.2) is 9.78 Å². The Kier molecular flexibility index (Phi) is 5.78. The number of carbonyl (C=O) groups is 2. The summed E-state index contributed by atoms with van der Waals surface area (Å²) in [4.78, 5) is 35.4. The third-order valence-electron chi connectivity index (χ3n) is 4.39. The van der Waals surface area contributed by atoms with Gasteiger partial charge in [-0.3, -0.25) is 4.79 Å². The fourth-order valence-corrected chi connectivity index (χ4v) is 3.09. The van der Waals surface area contributed by atoms with Crippen LogP contribution in [0.1, 0.15) is 35.4 Å². The predicted octanol–water partition coefficient (Wildman–Crippen LogP) is 3.35. The number of benzene rings is 1. The van der Waals surface area contributed by atoms with Gasteiger partial charge in [0.05, 0.1) is 17.3 Å². The van der Waals surface area contributed by atoms with Gasteiger partial charge in [0.15, 0.2) is 0 Å². The highest BCUT2D eigenvalue weighted by Crippen LogP contribution is 2.25. The molecule has 0 aliphatic carbocycles. The van der Waals surface area contributed by atoms with Gasteiger partial charge < -0.3 is 20.1 Å². The molecule has 2 N–H and O–H groups in total. The normalized spacial score (nSPS) is 14.2. The summed E-state index contributed by atoms with van der Waals surface area (Å²) in [7, 11) is 1.66. The molecule has 1 aromatic carbocycles. The Balaban J connectivity index is 1.68. The van der Waals surface area contributed by atoms with Crippen LogP contribution in [-0.4, -0.2) is 51.8 Å². The van der Waals surface area contributed by atoms with Crippen LogP contribution in [0.5, 0.6) is 0 Å². The zero-order chi connectivity index (χ0) is 18.5. The van der Waals surface area contributed by atoms with Crippen molar-refractivity contribution < 1.29 is 9.59 Å². The Morgan fingerprint density at radius 1 is 1.31 bits per heavy atom. The second kappa shape index (κ2) is 8.23. The van der Waals surface area contributed by atoms with Crippen LogP contribution >= 0.6 is 11.6 Å². The van der Waals surface area contributed by atoms with E-state index in [0.29, 0.717) is 28.6 Å². The third-order valence-corrected chi connectivity index (χ3v) is 4.72. The van der Waals surface area contributed by atoms with Crippen LogP contribution in [0, 0.1) is 0 Å². The number of piperidine rings is 1. The molecule has 1 aromatic heterocycles. The lowest BCUT2D eigenvalue weighted by Crippen LogP contribution is -2.35. The van der Waals surface area contributed by atoms with Crippen LogP contribution < -0.4 is 5.32 Å². The summed E-state index contributed by atoms with van der Waals surface area (Å²) >= 11 is 6.20. The molecular weight excluding hydrogens is 354 g/mol. The average Bonchev–Trinajstić information content (AvgIpc) is 3.16. The molecule has 7 nitrogen and oxygen atoms in total. The molecule has 1 fully saturated rings. The van der Waals surface area contributed by atoms with Crippen molar-refractivity contribution >= 4 is 29.2 Å². The van der Waals surface area contributed by atoms with Crippen molar-refractivity contribution in [1.82, 2.24) is 19.8 Å². The lowest BCUT2D eigenvalue weighted by Gasteiger charge is -2.27. The first-order valence-corrected chi connectivity index (χ1v) is 9.01. The van der Waals surface area contributed by atoms with E-state index < -0.39 is 0 Å². The molecule has 0 atom stereocenters. The summed E-state index contributed by atoms with van der Waals surface area (Å²) in [6, 6.07) is 4.64. The van der Waals surface area contributed by atoms with Crippen LogP contribution in [0.4, 0.5) is 10.5 Å². The number of urea groups is 1. The number of rotatable bonds is 4. The maximum Gasteiger partial charge on any atom is 0.322 e. The number of hydrogen-bond donors (Lipinski definition) is 2. The molecule has 3 rings (SSSR count). The fraction of sp³-hybridized carbons (Fsp3) is 0.389. The van der Waals surface area contributed by atoms with Gasteiger partial charge in [-0.15, -0.1) is 0 Å². The number of carbonyl (C=O) groups excluding carboxylic acids is 2. The average molecular weight is 376 g/mol. The predicted molar refractivity (Wildman–Crippen MR) is 100 cm³/mol. The van der Waals surface area contributed by atoms with Gasteiger partial charge >= 0.3 is 6.03 Å². The number of amides is 3. The van der Waals surface area contributed by atoms with Crippen molar-refractivity contribution in [3.8, 4) is 0 Å². The first kappa shape index (κ1) is 18.3. The van der Waals surface area contributed by atoms with E-state index in [9.17, 15) is 9.59 Å². The molecule has 0 unspecified atom stereocenters. The number of nitrogens with one attached hydrogen (secondary N) is 2. The molecule has 0 saturated carbocycles. The summed E-state index contributed by atoms with van der Waals surface area (Å²) in [5.74, 6) is 0.656. The summed E-state index contributed by atoms with van der Waals surface area (Å²) in [5.41, 5.74) is 0.950. The number of H-pyrrole nitrogens is 1. The van der Waals surface area contributed by atoms with Crippen molar-refractivity contribution in [1.29, 1.82) is 0 Å². The van der Waals surface area contributed by atoms with E-state index in [2.05, 4.69) is 15.3 Å². The highest BCUT2D eigenvalue weighted by Gasteiger charge is 2.20. The van der Waals surface area contributed by atoms with E-state index >= 15 is 0 Å². The number of likely N-dealkylation sites (tertiary alicyclic amines) is 1. The Hall–Kier alpha value is -2.54. The molecule has 26 heavy (non-hydrogen) atoms. The molecule has 8 heteroatoms. The van der Waals surface area contributed by atoms with Crippen LogP contribution in [0.2, 0.25) is 5.02 Å². The van der Waals surface area contributed by atoms with Gasteiger partial charge in [0, 0.05) is 38.1 Å². The Morgan fingerprint density at radius 3 is 2.77 bits per heavy atom.